The molecule has 2 N–H and O–H groups in total. The van der Waals surface area contributed by atoms with Crippen LogP contribution in [0.15, 0.2) is 60.7 Å². The van der Waals surface area contributed by atoms with Gasteiger partial charge in [0.05, 0.1) is 11.2 Å². The molecule has 1 heterocycles. The van der Waals surface area contributed by atoms with E-state index in [2.05, 4.69) is 17.1 Å². The minimum Gasteiger partial charge on any atom is -0.398 e. The van der Waals surface area contributed by atoms with Crippen molar-refractivity contribution in [1.82, 2.24) is 4.98 Å². The van der Waals surface area contributed by atoms with Crippen LogP contribution in [0.5, 0.6) is 0 Å². The molecule has 0 aliphatic carbocycles. The Morgan fingerprint density at radius 1 is 0.789 bits per heavy atom. The lowest BCUT2D eigenvalue weighted by Gasteiger charge is -2.00. The summed E-state index contributed by atoms with van der Waals surface area (Å²) in [5.41, 5.74) is 9.63. The SMILES string of the molecule is Nc1ccccc1C=Cc1ccc2ccccc2n1. The maximum atomic E-state index is 5.90. The number of nitrogens with zero attached hydrogens (tertiary/aromatic N) is 1. The highest BCUT2D eigenvalue weighted by Gasteiger charge is 1.96. The molecule has 2 aromatic carbocycles. The molecule has 19 heavy (non-hydrogen) atoms. The van der Waals surface area contributed by atoms with Crippen molar-refractivity contribution in [2.24, 2.45) is 0 Å². The quantitative estimate of drug-likeness (QED) is 0.694. The van der Waals surface area contributed by atoms with Crippen molar-refractivity contribution in [2.45, 2.75) is 0 Å². The van der Waals surface area contributed by atoms with Gasteiger partial charge in [0, 0.05) is 11.1 Å². The number of rotatable bonds is 2. The first kappa shape index (κ1) is 11.5. The van der Waals surface area contributed by atoms with Crippen LogP contribution in [0.3, 0.4) is 0 Å². The number of anilines is 1. The number of nitrogens with two attached hydrogens (primary N) is 1. The van der Waals surface area contributed by atoms with E-state index in [0.717, 1.165) is 27.8 Å². The maximum Gasteiger partial charge on any atom is 0.0709 e. The molecule has 1 aromatic heterocycles. The molecule has 0 bridgehead atoms. The minimum absolute atomic E-state index is 0.777. The number of nitrogen functional groups attached to an aromatic ring is 1. The van der Waals surface area contributed by atoms with Crippen LogP contribution >= 0.6 is 0 Å². The van der Waals surface area contributed by atoms with Gasteiger partial charge in [0.15, 0.2) is 0 Å². The third kappa shape index (κ3) is 2.47. The molecule has 92 valence electrons. The molecule has 2 heteroatoms. The van der Waals surface area contributed by atoms with Gasteiger partial charge in [-0.1, -0.05) is 48.5 Å². The maximum absolute atomic E-state index is 5.90. The summed E-state index contributed by atoms with van der Waals surface area (Å²) in [6.07, 6.45) is 3.98. The lowest BCUT2D eigenvalue weighted by molar-refractivity contribution is 1.37. The summed E-state index contributed by atoms with van der Waals surface area (Å²) in [4.78, 5) is 4.59. The Morgan fingerprint density at radius 2 is 1.58 bits per heavy atom. The third-order valence-corrected chi connectivity index (χ3v) is 3.05. The van der Waals surface area contributed by atoms with Gasteiger partial charge in [-0.15, -0.1) is 0 Å². The van der Waals surface area contributed by atoms with Crippen molar-refractivity contribution in [3.8, 4) is 0 Å². The number of benzene rings is 2. The summed E-state index contributed by atoms with van der Waals surface area (Å²) in [6.45, 7) is 0. The fraction of sp³-hybridized carbons (Fsp3) is 0. The second-order valence-corrected chi connectivity index (χ2v) is 4.39. The summed E-state index contributed by atoms with van der Waals surface area (Å²) in [5.74, 6) is 0. The molecule has 3 rings (SSSR count). The molecule has 0 saturated carbocycles. The van der Waals surface area contributed by atoms with E-state index in [1.165, 1.54) is 0 Å². The summed E-state index contributed by atoms with van der Waals surface area (Å²) < 4.78 is 0. The largest absolute Gasteiger partial charge is 0.398 e. The summed E-state index contributed by atoms with van der Waals surface area (Å²) in [5, 5.41) is 1.15. The van der Waals surface area contributed by atoms with Gasteiger partial charge in [-0.25, -0.2) is 4.98 Å². The zero-order valence-corrected chi connectivity index (χ0v) is 10.5. The molecule has 0 radical (unpaired) electrons. The van der Waals surface area contributed by atoms with E-state index >= 15 is 0 Å². The minimum atomic E-state index is 0.777. The van der Waals surface area contributed by atoms with Crippen molar-refractivity contribution in [1.29, 1.82) is 0 Å². The van der Waals surface area contributed by atoms with Gasteiger partial charge in [0.2, 0.25) is 0 Å². The number of para-hydroxylation sites is 2. The summed E-state index contributed by atoms with van der Waals surface area (Å²) in [6, 6.07) is 20.0. The average Bonchev–Trinajstić information content (AvgIpc) is 2.46. The molecule has 0 fully saturated rings. The van der Waals surface area contributed by atoms with Gasteiger partial charge in [-0.3, -0.25) is 0 Å². The van der Waals surface area contributed by atoms with Crippen LogP contribution in [0.4, 0.5) is 5.69 Å². The summed E-state index contributed by atoms with van der Waals surface area (Å²) >= 11 is 0. The fourth-order valence-electron chi connectivity index (χ4n) is 2.01. The van der Waals surface area contributed by atoms with E-state index in [-0.39, 0.29) is 0 Å². The molecule has 0 spiro atoms. The van der Waals surface area contributed by atoms with E-state index in [1.54, 1.807) is 0 Å². The Balaban J connectivity index is 1.95. The van der Waals surface area contributed by atoms with Gasteiger partial charge in [0.1, 0.15) is 0 Å². The van der Waals surface area contributed by atoms with Crippen LogP contribution in [0, 0.1) is 0 Å². The monoisotopic (exact) mass is 246 g/mol. The van der Waals surface area contributed by atoms with Gasteiger partial charge < -0.3 is 5.73 Å². The van der Waals surface area contributed by atoms with Crippen LogP contribution in [0.2, 0.25) is 0 Å². The smallest absolute Gasteiger partial charge is 0.0709 e. The zero-order chi connectivity index (χ0) is 13.1. The third-order valence-electron chi connectivity index (χ3n) is 3.05. The molecular formula is C17H14N2. The number of pyridine rings is 1. The standard InChI is InChI=1S/C17H14N2/c18-16-7-3-1-5-13(16)9-11-15-12-10-14-6-2-4-8-17(14)19-15/h1-12H,18H2. The lowest BCUT2D eigenvalue weighted by atomic mass is 10.1. The second kappa shape index (κ2) is 4.94. The van der Waals surface area contributed by atoms with Crippen molar-refractivity contribution >= 4 is 28.7 Å². The number of hydrogen-bond donors (Lipinski definition) is 1. The topological polar surface area (TPSA) is 38.9 Å². The van der Waals surface area contributed by atoms with E-state index in [4.69, 9.17) is 5.73 Å². The Hall–Kier alpha value is -2.61. The average molecular weight is 246 g/mol. The van der Waals surface area contributed by atoms with Crippen LogP contribution in [0.1, 0.15) is 11.3 Å². The number of fused-ring (bicyclic) bond motifs is 1. The first-order chi connectivity index (χ1) is 9.33. The van der Waals surface area contributed by atoms with Crippen LogP contribution in [-0.2, 0) is 0 Å². The van der Waals surface area contributed by atoms with Crippen molar-refractivity contribution in [3.63, 3.8) is 0 Å². The van der Waals surface area contributed by atoms with E-state index in [9.17, 15) is 0 Å². The van der Waals surface area contributed by atoms with Gasteiger partial charge in [-0.05, 0) is 29.8 Å². The molecule has 0 aliphatic heterocycles. The highest BCUT2D eigenvalue weighted by atomic mass is 14.7. The van der Waals surface area contributed by atoms with E-state index in [1.807, 2.05) is 60.7 Å². The van der Waals surface area contributed by atoms with Crippen LogP contribution in [0.25, 0.3) is 23.1 Å². The Bertz CT molecular complexity index is 745. The first-order valence-corrected chi connectivity index (χ1v) is 6.21. The molecule has 0 aliphatic rings. The Labute approximate surface area is 112 Å². The fourth-order valence-corrected chi connectivity index (χ4v) is 2.01. The zero-order valence-electron chi connectivity index (χ0n) is 10.5. The van der Waals surface area contributed by atoms with Gasteiger partial charge in [0.25, 0.3) is 0 Å². The van der Waals surface area contributed by atoms with Crippen molar-refractivity contribution < 1.29 is 0 Å². The molecule has 2 nitrogen and oxygen atoms in total. The molecule has 0 atom stereocenters. The molecule has 0 saturated heterocycles. The molecule has 3 aromatic rings. The van der Waals surface area contributed by atoms with E-state index < -0.39 is 0 Å². The molecule has 0 unspecified atom stereocenters. The van der Waals surface area contributed by atoms with Crippen molar-refractivity contribution in [2.75, 3.05) is 5.73 Å². The normalized spacial score (nSPS) is 11.2. The lowest BCUT2D eigenvalue weighted by Crippen LogP contribution is -1.87. The predicted molar refractivity (Wildman–Crippen MR) is 81.5 cm³/mol. The molecule has 0 amide bonds. The first-order valence-electron chi connectivity index (χ1n) is 6.21. The van der Waals surface area contributed by atoms with Crippen LogP contribution in [-0.4, -0.2) is 4.98 Å². The molecular weight excluding hydrogens is 232 g/mol. The Morgan fingerprint density at radius 3 is 2.47 bits per heavy atom. The summed E-state index contributed by atoms with van der Waals surface area (Å²) in [7, 11) is 0. The van der Waals surface area contributed by atoms with E-state index in [0.29, 0.717) is 0 Å². The predicted octanol–water partition coefficient (Wildman–Crippen LogP) is 3.99. The second-order valence-electron chi connectivity index (χ2n) is 4.39. The van der Waals surface area contributed by atoms with Gasteiger partial charge in [-0.2, -0.15) is 0 Å². The highest BCUT2D eigenvalue weighted by molar-refractivity contribution is 5.81. The highest BCUT2D eigenvalue weighted by Crippen LogP contribution is 2.16. The number of hydrogen-bond acceptors (Lipinski definition) is 2. The van der Waals surface area contributed by atoms with Crippen molar-refractivity contribution in [3.05, 3.63) is 71.9 Å². The van der Waals surface area contributed by atoms with Crippen LogP contribution < -0.4 is 5.73 Å². The number of aromatic nitrogens is 1. The van der Waals surface area contributed by atoms with Gasteiger partial charge >= 0.3 is 0 Å². The Kier molecular flexibility index (Phi) is 2.99.